The van der Waals surface area contributed by atoms with Gasteiger partial charge in [0.2, 0.25) is 10.0 Å². The maximum Gasteiger partial charge on any atom is 0.242 e. The second kappa shape index (κ2) is 11.3. The highest BCUT2D eigenvalue weighted by Crippen LogP contribution is 2.22. The van der Waals surface area contributed by atoms with Crippen LogP contribution in [0.4, 0.5) is 0 Å². The minimum Gasteiger partial charge on any atom is -0.384 e. The molecule has 2 rings (SSSR count). The lowest BCUT2D eigenvalue weighted by atomic mass is 9.99. The summed E-state index contributed by atoms with van der Waals surface area (Å²) in [6, 6.07) is 8.58. The SMILES string of the molecule is CCNC(=NCc1ccc(S(=O)(=O)N(C)C)cc1)NCC(C)(O)c1ccsc1.I. The smallest absolute Gasteiger partial charge is 0.242 e. The standard InChI is InChI=1S/C19H28N4O3S2.HI/c1-5-20-18(22-14-19(2,24)16-10-11-27-13-16)21-12-15-6-8-17(9-7-15)28(25,26)23(3)4;/h6-11,13,24H,5,12,14H2,1-4H3,(H2,20,21,22);1H. The van der Waals surface area contributed by atoms with Crippen LogP contribution in [0.2, 0.25) is 0 Å². The van der Waals surface area contributed by atoms with E-state index >= 15 is 0 Å². The number of hydrogen-bond acceptors (Lipinski definition) is 5. The van der Waals surface area contributed by atoms with Gasteiger partial charge < -0.3 is 15.7 Å². The number of aliphatic hydroxyl groups is 1. The van der Waals surface area contributed by atoms with E-state index < -0.39 is 15.6 Å². The Morgan fingerprint density at radius 3 is 2.38 bits per heavy atom. The van der Waals surface area contributed by atoms with E-state index in [4.69, 9.17) is 0 Å². The fraction of sp³-hybridized carbons (Fsp3) is 0.421. The van der Waals surface area contributed by atoms with Gasteiger partial charge in [0.25, 0.3) is 0 Å². The number of thiophene rings is 1. The highest BCUT2D eigenvalue weighted by atomic mass is 127. The van der Waals surface area contributed by atoms with Crippen LogP contribution in [0.1, 0.15) is 25.0 Å². The molecule has 0 saturated heterocycles. The predicted molar refractivity (Wildman–Crippen MR) is 129 cm³/mol. The highest BCUT2D eigenvalue weighted by Gasteiger charge is 2.23. The van der Waals surface area contributed by atoms with Gasteiger partial charge in [-0.2, -0.15) is 11.3 Å². The molecule has 1 unspecified atom stereocenters. The van der Waals surface area contributed by atoms with Crippen LogP contribution in [-0.2, 0) is 22.2 Å². The largest absolute Gasteiger partial charge is 0.384 e. The number of hydrogen-bond donors (Lipinski definition) is 3. The molecule has 0 spiro atoms. The molecule has 2 aromatic rings. The molecule has 0 radical (unpaired) electrons. The highest BCUT2D eigenvalue weighted by molar-refractivity contribution is 14.0. The zero-order valence-electron chi connectivity index (χ0n) is 17.0. The summed E-state index contributed by atoms with van der Waals surface area (Å²) < 4.78 is 25.4. The third kappa shape index (κ3) is 7.21. The summed E-state index contributed by atoms with van der Waals surface area (Å²) in [5.41, 5.74) is 0.747. The van der Waals surface area contributed by atoms with Crippen molar-refractivity contribution in [1.29, 1.82) is 0 Å². The Bertz CT molecular complexity index is 881. The number of rotatable bonds is 8. The van der Waals surface area contributed by atoms with Crippen LogP contribution in [-0.4, -0.2) is 51.0 Å². The maximum atomic E-state index is 12.1. The summed E-state index contributed by atoms with van der Waals surface area (Å²) in [5, 5.41) is 20.8. The third-order valence-corrected chi connectivity index (χ3v) is 6.72. The van der Waals surface area contributed by atoms with Crippen molar-refractivity contribution < 1.29 is 13.5 Å². The molecule has 0 bridgehead atoms. The number of aliphatic imine (C=N–C) groups is 1. The second-order valence-corrected chi connectivity index (χ2v) is 9.70. The minimum atomic E-state index is -3.43. The van der Waals surface area contributed by atoms with Gasteiger partial charge in [0.05, 0.1) is 18.0 Å². The number of guanidine groups is 1. The molecule has 1 aromatic carbocycles. The Morgan fingerprint density at radius 2 is 1.86 bits per heavy atom. The van der Waals surface area contributed by atoms with Gasteiger partial charge in [-0.15, -0.1) is 24.0 Å². The van der Waals surface area contributed by atoms with Crippen molar-refractivity contribution in [2.75, 3.05) is 27.2 Å². The molecule has 10 heteroatoms. The Morgan fingerprint density at radius 1 is 1.21 bits per heavy atom. The molecule has 1 heterocycles. The lowest BCUT2D eigenvalue weighted by Crippen LogP contribution is -2.44. The second-order valence-electron chi connectivity index (χ2n) is 6.77. The molecule has 0 aliphatic rings. The average molecular weight is 553 g/mol. The Balaban J connectivity index is 0.00000420. The van der Waals surface area contributed by atoms with Gasteiger partial charge >= 0.3 is 0 Å². The van der Waals surface area contributed by atoms with Crippen molar-refractivity contribution in [2.24, 2.45) is 4.99 Å². The lowest BCUT2D eigenvalue weighted by molar-refractivity contribution is 0.0621. The molecule has 0 aliphatic carbocycles. The fourth-order valence-corrected chi connectivity index (χ4v) is 4.10. The first-order valence-electron chi connectivity index (χ1n) is 8.95. The molecule has 0 fully saturated rings. The monoisotopic (exact) mass is 552 g/mol. The van der Waals surface area contributed by atoms with Crippen molar-refractivity contribution in [3.05, 3.63) is 52.2 Å². The molecule has 3 N–H and O–H groups in total. The summed E-state index contributed by atoms with van der Waals surface area (Å²) in [5.74, 6) is 0.586. The van der Waals surface area contributed by atoms with E-state index in [1.54, 1.807) is 42.5 Å². The lowest BCUT2D eigenvalue weighted by Gasteiger charge is -2.24. The Labute approximate surface area is 194 Å². The summed E-state index contributed by atoms with van der Waals surface area (Å²) >= 11 is 1.54. The van der Waals surface area contributed by atoms with E-state index in [9.17, 15) is 13.5 Å². The Hall–Kier alpha value is -1.21. The van der Waals surface area contributed by atoms with Gasteiger partial charge in [-0.3, -0.25) is 0 Å². The third-order valence-electron chi connectivity index (χ3n) is 4.21. The van der Waals surface area contributed by atoms with Crippen molar-refractivity contribution in [3.8, 4) is 0 Å². The molecule has 0 amide bonds. The van der Waals surface area contributed by atoms with E-state index in [1.165, 1.54) is 18.4 Å². The van der Waals surface area contributed by atoms with Crippen LogP contribution in [0, 0.1) is 0 Å². The van der Waals surface area contributed by atoms with Crippen molar-refractivity contribution in [2.45, 2.75) is 30.9 Å². The normalized spacial score (nSPS) is 14.2. The van der Waals surface area contributed by atoms with Gasteiger partial charge in [-0.25, -0.2) is 17.7 Å². The van der Waals surface area contributed by atoms with E-state index in [1.807, 2.05) is 23.8 Å². The topological polar surface area (TPSA) is 94.0 Å². The molecular weight excluding hydrogens is 523 g/mol. The molecule has 1 aromatic heterocycles. The van der Waals surface area contributed by atoms with Crippen LogP contribution in [0.5, 0.6) is 0 Å². The maximum absolute atomic E-state index is 12.1. The van der Waals surface area contributed by atoms with E-state index in [-0.39, 0.29) is 28.9 Å². The summed E-state index contributed by atoms with van der Waals surface area (Å²) in [6.45, 7) is 5.12. The number of sulfonamides is 1. The number of nitrogens with zero attached hydrogens (tertiary/aromatic N) is 2. The molecule has 0 aliphatic heterocycles. The molecule has 7 nitrogen and oxygen atoms in total. The Kier molecular flexibility index (Phi) is 10.0. The molecule has 29 heavy (non-hydrogen) atoms. The van der Waals surface area contributed by atoms with E-state index in [2.05, 4.69) is 15.6 Å². The number of benzene rings is 1. The van der Waals surface area contributed by atoms with Gasteiger partial charge in [0.15, 0.2) is 5.96 Å². The van der Waals surface area contributed by atoms with Crippen LogP contribution in [0.25, 0.3) is 0 Å². The van der Waals surface area contributed by atoms with Crippen LogP contribution in [0.15, 0.2) is 51.0 Å². The number of halogens is 1. The number of nitrogens with one attached hydrogen (secondary N) is 2. The van der Waals surface area contributed by atoms with Crippen LogP contribution >= 0.6 is 35.3 Å². The molecular formula is C19H29IN4O3S2. The van der Waals surface area contributed by atoms with Crippen LogP contribution < -0.4 is 10.6 Å². The zero-order valence-corrected chi connectivity index (χ0v) is 21.0. The van der Waals surface area contributed by atoms with Crippen LogP contribution in [0.3, 0.4) is 0 Å². The quantitative estimate of drug-likeness (QED) is 0.266. The van der Waals surface area contributed by atoms with Crippen molar-refractivity contribution >= 4 is 51.3 Å². The predicted octanol–water partition coefficient (Wildman–Crippen LogP) is 2.58. The van der Waals surface area contributed by atoms with E-state index in [0.717, 1.165) is 11.1 Å². The average Bonchev–Trinajstić information content (AvgIpc) is 3.20. The summed E-state index contributed by atoms with van der Waals surface area (Å²) in [7, 11) is -0.420. The van der Waals surface area contributed by atoms with Gasteiger partial charge in [0.1, 0.15) is 5.60 Å². The van der Waals surface area contributed by atoms with Gasteiger partial charge in [-0.05, 0) is 53.9 Å². The first-order valence-corrected chi connectivity index (χ1v) is 11.3. The summed E-state index contributed by atoms with van der Waals surface area (Å²) in [6.07, 6.45) is 0. The fourth-order valence-electron chi connectivity index (χ4n) is 2.42. The van der Waals surface area contributed by atoms with Crippen molar-refractivity contribution in [3.63, 3.8) is 0 Å². The zero-order chi connectivity index (χ0) is 20.8. The summed E-state index contributed by atoms with van der Waals surface area (Å²) in [4.78, 5) is 4.77. The molecule has 162 valence electrons. The van der Waals surface area contributed by atoms with Crippen molar-refractivity contribution in [1.82, 2.24) is 14.9 Å². The molecule has 0 saturated carbocycles. The first kappa shape index (κ1) is 25.8. The van der Waals surface area contributed by atoms with Gasteiger partial charge in [0, 0.05) is 20.6 Å². The van der Waals surface area contributed by atoms with E-state index in [0.29, 0.717) is 25.6 Å². The minimum absolute atomic E-state index is 0. The molecule has 1 atom stereocenters. The first-order chi connectivity index (χ1) is 13.2. The van der Waals surface area contributed by atoms with Gasteiger partial charge in [-0.1, -0.05) is 12.1 Å².